The van der Waals surface area contributed by atoms with Crippen LogP contribution in [0.2, 0.25) is 0 Å². The largest absolute Gasteiger partial charge is 0.493 e. The third-order valence-corrected chi connectivity index (χ3v) is 7.66. The second kappa shape index (κ2) is 8.67. The second-order valence-electron chi connectivity index (χ2n) is 8.59. The van der Waals surface area contributed by atoms with E-state index in [1.54, 1.807) is 35.6 Å². The topological polar surface area (TPSA) is 81.3 Å². The van der Waals surface area contributed by atoms with Crippen LogP contribution in [0.25, 0.3) is 32.4 Å². The standard InChI is InChI=1S/C28H22N2O4S/c1-33-22-15-17(25-29-26(31)24-20-10-4-5-12-23(20)35-27(24)30-25)13-14-21(22)34-28(32)19-11-6-8-16-7-2-3-9-18(16)19/h2-3,6-9,11,13-15H,4-5,10,12H2,1H3,(H,29,30,31). The van der Waals surface area contributed by atoms with E-state index in [0.29, 0.717) is 28.5 Å². The highest BCUT2D eigenvalue weighted by Gasteiger charge is 2.21. The molecule has 0 bridgehead atoms. The number of benzene rings is 3. The minimum Gasteiger partial charge on any atom is -0.493 e. The fourth-order valence-corrected chi connectivity index (χ4v) is 6.02. The number of fused-ring (bicyclic) bond motifs is 4. The van der Waals surface area contributed by atoms with Crippen LogP contribution in [0.4, 0.5) is 0 Å². The van der Waals surface area contributed by atoms with Gasteiger partial charge in [0.2, 0.25) is 0 Å². The number of carbonyl (C=O) groups is 1. The van der Waals surface area contributed by atoms with Gasteiger partial charge in [-0.15, -0.1) is 11.3 Å². The maximum absolute atomic E-state index is 13.0. The number of methoxy groups -OCH3 is 1. The smallest absolute Gasteiger partial charge is 0.344 e. The first kappa shape index (κ1) is 21.6. The molecule has 0 aliphatic heterocycles. The van der Waals surface area contributed by atoms with Crippen molar-refractivity contribution >= 4 is 38.3 Å². The van der Waals surface area contributed by atoms with Crippen LogP contribution in [0.1, 0.15) is 33.6 Å². The molecule has 0 fully saturated rings. The van der Waals surface area contributed by atoms with E-state index in [1.807, 2.05) is 36.4 Å². The molecule has 0 saturated heterocycles. The van der Waals surface area contributed by atoms with Gasteiger partial charge in [0, 0.05) is 10.4 Å². The molecule has 0 radical (unpaired) electrons. The van der Waals surface area contributed by atoms with Crippen molar-refractivity contribution in [3.8, 4) is 22.9 Å². The summed E-state index contributed by atoms with van der Waals surface area (Å²) < 4.78 is 11.2. The van der Waals surface area contributed by atoms with Crippen molar-refractivity contribution in [3.63, 3.8) is 0 Å². The number of thiophene rings is 1. The number of H-pyrrole nitrogens is 1. The Kier molecular flexibility index (Phi) is 5.34. The number of hydrogen-bond acceptors (Lipinski definition) is 6. The fraction of sp³-hybridized carbons (Fsp3) is 0.179. The summed E-state index contributed by atoms with van der Waals surface area (Å²) >= 11 is 1.61. The maximum atomic E-state index is 13.0. The van der Waals surface area contributed by atoms with Gasteiger partial charge < -0.3 is 14.5 Å². The van der Waals surface area contributed by atoms with Crippen LogP contribution in [0.15, 0.2) is 65.5 Å². The third-order valence-electron chi connectivity index (χ3n) is 6.47. The molecule has 7 heteroatoms. The third kappa shape index (κ3) is 3.78. The van der Waals surface area contributed by atoms with E-state index >= 15 is 0 Å². The van der Waals surface area contributed by atoms with Crippen molar-refractivity contribution in [1.29, 1.82) is 0 Å². The summed E-state index contributed by atoms with van der Waals surface area (Å²) in [6.45, 7) is 0. The van der Waals surface area contributed by atoms with Crippen LogP contribution in [0.3, 0.4) is 0 Å². The zero-order valence-corrected chi connectivity index (χ0v) is 19.9. The van der Waals surface area contributed by atoms with E-state index < -0.39 is 5.97 Å². The van der Waals surface area contributed by atoms with E-state index in [1.165, 1.54) is 12.0 Å². The van der Waals surface area contributed by atoms with Crippen LogP contribution >= 0.6 is 11.3 Å². The summed E-state index contributed by atoms with van der Waals surface area (Å²) in [7, 11) is 1.51. The average molecular weight is 483 g/mol. The summed E-state index contributed by atoms with van der Waals surface area (Å²) in [5.41, 5.74) is 2.20. The van der Waals surface area contributed by atoms with Crippen LogP contribution < -0.4 is 15.0 Å². The van der Waals surface area contributed by atoms with Crippen molar-refractivity contribution in [1.82, 2.24) is 9.97 Å². The van der Waals surface area contributed by atoms with Gasteiger partial charge in [-0.2, -0.15) is 0 Å². The molecule has 5 aromatic rings. The molecule has 0 amide bonds. The Morgan fingerprint density at radius 3 is 2.71 bits per heavy atom. The number of nitrogens with one attached hydrogen (secondary N) is 1. The lowest BCUT2D eigenvalue weighted by atomic mass is 9.97. The van der Waals surface area contributed by atoms with Gasteiger partial charge >= 0.3 is 5.97 Å². The highest BCUT2D eigenvalue weighted by molar-refractivity contribution is 7.18. The molecular formula is C28H22N2O4S. The van der Waals surface area contributed by atoms with Gasteiger partial charge in [-0.1, -0.05) is 36.4 Å². The molecule has 2 aromatic heterocycles. The summed E-state index contributed by atoms with van der Waals surface area (Å²) in [6.07, 6.45) is 4.21. The van der Waals surface area contributed by atoms with Crippen LogP contribution in [-0.4, -0.2) is 23.0 Å². The van der Waals surface area contributed by atoms with E-state index in [0.717, 1.165) is 52.2 Å². The molecule has 6 nitrogen and oxygen atoms in total. The molecule has 174 valence electrons. The van der Waals surface area contributed by atoms with Gasteiger partial charge in [0.05, 0.1) is 18.1 Å². The molecule has 1 aliphatic carbocycles. The number of nitrogens with zero attached hydrogens (tertiary/aromatic N) is 1. The first-order valence-electron chi connectivity index (χ1n) is 11.6. The van der Waals surface area contributed by atoms with Gasteiger partial charge in [0.25, 0.3) is 5.56 Å². The Hall–Kier alpha value is -3.97. The normalized spacial score (nSPS) is 13.1. The number of aromatic nitrogens is 2. The zero-order valence-electron chi connectivity index (χ0n) is 19.1. The molecule has 0 unspecified atom stereocenters. The number of esters is 1. The Labute approximate surface area is 205 Å². The summed E-state index contributed by atoms with van der Waals surface area (Å²) in [6, 6.07) is 18.4. The monoisotopic (exact) mass is 482 g/mol. The fourth-order valence-electron chi connectivity index (χ4n) is 4.76. The molecule has 1 aliphatic rings. The second-order valence-corrected chi connectivity index (χ2v) is 9.67. The van der Waals surface area contributed by atoms with Crippen molar-refractivity contribution in [3.05, 3.63) is 87.0 Å². The van der Waals surface area contributed by atoms with Crippen molar-refractivity contribution in [2.45, 2.75) is 25.7 Å². The van der Waals surface area contributed by atoms with Crippen molar-refractivity contribution in [2.75, 3.05) is 7.11 Å². The van der Waals surface area contributed by atoms with Crippen LogP contribution in [0.5, 0.6) is 11.5 Å². The summed E-state index contributed by atoms with van der Waals surface area (Å²) in [5, 5.41) is 2.51. The Bertz CT molecular complexity index is 1660. The van der Waals surface area contributed by atoms with Crippen LogP contribution in [0, 0.1) is 0 Å². The number of hydrogen-bond donors (Lipinski definition) is 1. The molecule has 6 rings (SSSR count). The molecule has 0 spiro atoms. The highest BCUT2D eigenvalue weighted by Crippen LogP contribution is 2.36. The van der Waals surface area contributed by atoms with E-state index in [-0.39, 0.29) is 5.56 Å². The number of rotatable bonds is 4. The lowest BCUT2D eigenvalue weighted by molar-refractivity contribution is 0.0732. The van der Waals surface area contributed by atoms with E-state index in [4.69, 9.17) is 14.5 Å². The molecule has 3 aromatic carbocycles. The number of aromatic amines is 1. The van der Waals surface area contributed by atoms with Gasteiger partial charge in [-0.25, -0.2) is 9.78 Å². The molecular weight excluding hydrogens is 460 g/mol. The lowest BCUT2D eigenvalue weighted by Crippen LogP contribution is -2.11. The van der Waals surface area contributed by atoms with E-state index in [2.05, 4.69) is 4.98 Å². The molecule has 35 heavy (non-hydrogen) atoms. The molecule has 0 saturated carbocycles. The lowest BCUT2D eigenvalue weighted by Gasteiger charge is -2.12. The predicted molar refractivity (Wildman–Crippen MR) is 138 cm³/mol. The number of aryl methyl sites for hydroxylation is 2. The Balaban J connectivity index is 1.35. The Morgan fingerprint density at radius 1 is 1.00 bits per heavy atom. The van der Waals surface area contributed by atoms with Gasteiger partial charge in [-0.05, 0) is 66.3 Å². The Morgan fingerprint density at radius 2 is 1.83 bits per heavy atom. The molecule has 0 atom stereocenters. The summed E-state index contributed by atoms with van der Waals surface area (Å²) in [5.74, 6) is 0.671. The average Bonchev–Trinajstić information content (AvgIpc) is 3.27. The van der Waals surface area contributed by atoms with Crippen LogP contribution in [-0.2, 0) is 12.8 Å². The van der Waals surface area contributed by atoms with Gasteiger partial charge in [-0.3, -0.25) is 4.79 Å². The van der Waals surface area contributed by atoms with Crippen molar-refractivity contribution in [2.24, 2.45) is 0 Å². The summed E-state index contributed by atoms with van der Waals surface area (Å²) in [4.78, 5) is 35.7. The first-order valence-corrected chi connectivity index (χ1v) is 12.4. The van der Waals surface area contributed by atoms with Gasteiger partial charge in [0.15, 0.2) is 11.5 Å². The SMILES string of the molecule is COc1cc(-c2nc3sc4c(c3c(=O)[nH]2)CCCC4)ccc1OC(=O)c1cccc2ccccc12. The molecule has 1 N–H and O–H groups in total. The first-order chi connectivity index (χ1) is 17.1. The number of ether oxygens (including phenoxy) is 2. The maximum Gasteiger partial charge on any atom is 0.344 e. The van der Waals surface area contributed by atoms with Crippen molar-refractivity contribution < 1.29 is 14.3 Å². The number of carbonyl (C=O) groups excluding carboxylic acids is 1. The quantitative estimate of drug-likeness (QED) is 0.254. The minimum atomic E-state index is -0.468. The van der Waals surface area contributed by atoms with E-state index in [9.17, 15) is 9.59 Å². The van der Waals surface area contributed by atoms with Gasteiger partial charge in [0.1, 0.15) is 10.7 Å². The zero-order chi connectivity index (χ0) is 23.9. The predicted octanol–water partition coefficient (Wildman–Crippen LogP) is 5.91. The highest BCUT2D eigenvalue weighted by atomic mass is 32.1. The minimum absolute atomic E-state index is 0.116. The molecule has 2 heterocycles.